The number of nitrogens with zero attached hydrogens (tertiary/aromatic N) is 3. The molecule has 0 bridgehead atoms. The van der Waals surface area contributed by atoms with Crippen molar-refractivity contribution in [3.63, 3.8) is 0 Å². The Hall–Kier alpha value is -1.86. The number of aromatic amines is 1. The number of nitrogen functional groups attached to an aromatic ring is 1. The highest BCUT2D eigenvalue weighted by molar-refractivity contribution is 7.16. The maximum absolute atomic E-state index is 5.94. The number of hydrogen-bond donors (Lipinski definition) is 3. The maximum Gasteiger partial charge on any atom is 0.224 e. The Morgan fingerprint density at radius 3 is 3.00 bits per heavy atom. The molecule has 4 N–H and O–H groups in total. The molecular weight excluding hydrogens is 284 g/mol. The molecule has 0 saturated heterocycles. The number of nitrogens with one attached hydrogen (secondary N) is 2. The van der Waals surface area contributed by atoms with E-state index >= 15 is 0 Å². The zero-order valence-electron chi connectivity index (χ0n) is 10.0. The molecule has 0 fully saturated rings. The highest BCUT2D eigenvalue weighted by Crippen LogP contribution is 2.30. The summed E-state index contributed by atoms with van der Waals surface area (Å²) in [6, 6.07) is 3.94. The van der Waals surface area contributed by atoms with Crippen molar-refractivity contribution in [2.24, 2.45) is 0 Å². The first-order valence-electron chi connectivity index (χ1n) is 5.62. The Morgan fingerprint density at radius 2 is 2.26 bits per heavy atom. The zero-order chi connectivity index (χ0) is 13.4. The number of hydrogen-bond acceptors (Lipinski definition) is 6. The molecule has 0 aliphatic heterocycles. The number of thiophene rings is 1. The van der Waals surface area contributed by atoms with Gasteiger partial charge in [0.05, 0.1) is 22.0 Å². The van der Waals surface area contributed by atoms with E-state index in [9.17, 15) is 0 Å². The van der Waals surface area contributed by atoms with Crippen LogP contribution in [0.2, 0.25) is 4.34 Å². The van der Waals surface area contributed by atoms with Gasteiger partial charge in [-0.1, -0.05) is 11.6 Å². The van der Waals surface area contributed by atoms with E-state index in [1.807, 2.05) is 19.1 Å². The average molecular weight is 295 g/mol. The maximum atomic E-state index is 5.94. The van der Waals surface area contributed by atoms with E-state index in [0.717, 1.165) is 14.6 Å². The van der Waals surface area contributed by atoms with Crippen LogP contribution in [0.1, 0.15) is 17.8 Å². The summed E-state index contributed by atoms with van der Waals surface area (Å²) in [5.74, 6) is 0.865. The van der Waals surface area contributed by atoms with Crippen molar-refractivity contribution in [3.05, 3.63) is 27.5 Å². The summed E-state index contributed by atoms with van der Waals surface area (Å²) in [6.45, 7) is 2.03. The van der Waals surface area contributed by atoms with E-state index in [1.165, 1.54) is 11.3 Å². The number of aromatic nitrogens is 4. The van der Waals surface area contributed by atoms with Crippen LogP contribution in [0.25, 0.3) is 11.0 Å². The average Bonchev–Trinajstić information content (AvgIpc) is 2.97. The van der Waals surface area contributed by atoms with Gasteiger partial charge in [0.15, 0.2) is 5.65 Å². The number of halogens is 1. The van der Waals surface area contributed by atoms with Gasteiger partial charge in [0.25, 0.3) is 0 Å². The van der Waals surface area contributed by atoms with Gasteiger partial charge in [-0.2, -0.15) is 15.1 Å². The van der Waals surface area contributed by atoms with Gasteiger partial charge in [-0.05, 0) is 19.1 Å². The van der Waals surface area contributed by atoms with Gasteiger partial charge >= 0.3 is 0 Å². The first-order chi connectivity index (χ1) is 9.13. The van der Waals surface area contributed by atoms with Crippen molar-refractivity contribution in [2.75, 3.05) is 11.1 Å². The van der Waals surface area contributed by atoms with E-state index in [4.69, 9.17) is 17.3 Å². The number of rotatable bonds is 3. The van der Waals surface area contributed by atoms with Gasteiger partial charge in [-0.25, -0.2) is 0 Å². The van der Waals surface area contributed by atoms with Gasteiger partial charge in [0.1, 0.15) is 5.82 Å². The van der Waals surface area contributed by atoms with Crippen LogP contribution in [0.5, 0.6) is 0 Å². The summed E-state index contributed by atoms with van der Waals surface area (Å²) in [6.07, 6.45) is 1.67. The van der Waals surface area contributed by atoms with Crippen LogP contribution in [-0.2, 0) is 0 Å². The van der Waals surface area contributed by atoms with E-state index < -0.39 is 0 Å². The highest BCUT2D eigenvalue weighted by Gasteiger charge is 2.13. The zero-order valence-corrected chi connectivity index (χ0v) is 11.6. The van der Waals surface area contributed by atoms with Crippen LogP contribution in [0.4, 0.5) is 11.8 Å². The molecule has 0 spiro atoms. The Balaban J connectivity index is 1.94. The Labute approximate surface area is 118 Å². The Bertz CT molecular complexity index is 721. The lowest BCUT2D eigenvalue weighted by Crippen LogP contribution is -2.08. The quantitative estimate of drug-likeness (QED) is 0.691. The first-order valence-corrected chi connectivity index (χ1v) is 6.81. The van der Waals surface area contributed by atoms with E-state index in [0.29, 0.717) is 11.5 Å². The minimum atomic E-state index is 0.0740. The fraction of sp³-hybridized carbons (Fsp3) is 0.182. The summed E-state index contributed by atoms with van der Waals surface area (Å²) >= 11 is 7.47. The molecule has 0 radical (unpaired) electrons. The molecule has 1 atom stereocenters. The fourth-order valence-electron chi connectivity index (χ4n) is 1.80. The number of nitrogens with two attached hydrogens (primary N) is 1. The van der Waals surface area contributed by atoms with Gasteiger partial charge in [-0.3, -0.25) is 5.10 Å². The molecule has 0 aliphatic carbocycles. The molecule has 3 aromatic heterocycles. The lowest BCUT2D eigenvalue weighted by atomic mass is 10.2. The van der Waals surface area contributed by atoms with Crippen LogP contribution in [0, 0.1) is 0 Å². The predicted octanol–water partition coefficient (Wildman–Crippen LogP) is 2.82. The van der Waals surface area contributed by atoms with Crippen LogP contribution in [0.3, 0.4) is 0 Å². The van der Waals surface area contributed by atoms with Crippen molar-refractivity contribution in [2.45, 2.75) is 13.0 Å². The molecule has 0 saturated carbocycles. The predicted molar refractivity (Wildman–Crippen MR) is 77.5 cm³/mol. The van der Waals surface area contributed by atoms with Gasteiger partial charge < -0.3 is 11.1 Å². The molecule has 19 heavy (non-hydrogen) atoms. The van der Waals surface area contributed by atoms with Gasteiger partial charge in [-0.15, -0.1) is 11.3 Å². The summed E-state index contributed by atoms with van der Waals surface area (Å²) < 4.78 is 0.763. The summed E-state index contributed by atoms with van der Waals surface area (Å²) in [5.41, 5.74) is 6.29. The largest absolute Gasteiger partial charge is 0.368 e. The highest BCUT2D eigenvalue weighted by atomic mass is 35.5. The second-order valence-electron chi connectivity index (χ2n) is 4.07. The topological polar surface area (TPSA) is 92.5 Å². The third-order valence-electron chi connectivity index (χ3n) is 2.70. The van der Waals surface area contributed by atoms with E-state index in [-0.39, 0.29) is 12.0 Å². The third-order valence-corrected chi connectivity index (χ3v) is 4.11. The van der Waals surface area contributed by atoms with Gasteiger partial charge in [0.2, 0.25) is 5.95 Å². The van der Waals surface area contributed by atoms with E-state index in [1.54, 1.807) is 6.20 Å². The van der Waals surface area contributed by atoms with Crippen molar-refractivity contribution in [3.8, 4) is 0 Å². The molecule has 0 aliphatic rings. The first kappa shape index (κ1) is 12.2. The molecule has 0 aromatic carbocycles. The van der Waals surface area contributed by atoms with Crippen molar-refractivity contribution >= 4 is 45.7 Å². The third kappa shape index (κ3) is 2.34. The lowest BCUT2D eigenvalue weighted by Gasteiger charge is -2.13. The molecule has 3 rings (SSSR count). The standard InChI is InChI=1S/C11H11ClN6S/c1-5(7-2-3-8(12)19-7)15-9-6-4-14-18-10(6)17-11(13)16-9/h2-5H,1H3,(H4,13,14,15,16,17,18). The second-order valence-corrected chi connectivity index (χ2v) is 5.82. The molecule has 8 heteroatoms. The number of anilines is 2. The molecular formula is C11H11ClN6S. The lowest BCUT2D eigenvalue weighted by molar-refractivity contribution is 0.899. The van der Waals surface area contributed by atoms with Crippen LogP contribution < -0.4 is 11.1 Å². The second kappa shape index (κ2) is 4.67. The number of fused-ring (bicyclic) bond motifs is 1. The van der Waals surface area contributed by atoms with Crippen LogP contribution >= 0.6 is 22.9 Å². The van der Waals surface area contributed by atoms with Gasteiger partial charge in [0, 0.05) is 4.88 Å². The minimum absolute atomic E-state index is 0.0740. The SMILES string of the molecule is CC(Nc1nc(N)nc2[nH]ncc12)c1ccc(Cl)s1. The number of H-pyrrole nitrogens is 1. The molecule has 6 nitrogen and oxygen atoms in total. The normalized spacial score (nSPS) is 12.7. The van der Waals surface area contributed by atoms with E-state index in [2.05, 4.69) is 25.5 Å². The summed E-state index contributed by atoms with van der Waals surface area (Å²) in [4.78, 5) is 9.41. The smallest absolute Gasteiger partial charge is 0.224 e. The molecule has 1 unspecified atom stereocenters. The Morgan fingerprint density at radius 1 is 1.42 bits per heavy atom. The minimum Gasteiger partial charge on any atom is -0.368 e. The van der Waals surface area contributed by atoms with Crippen molar-refractivity contribution < 1.29 is 0 Å². The van der Waals surface area contributed by atoms with Crippen molar-refractivity contribution in [1.82, 2.24) is 20.2 Å². The van der Waals surface area contributed by atoms with Crippen LogP contribution in [0.15, 0.2) is 18.3 Å². The monoisotopic (exact) mass is 294 g/mol. The molecule has 0 amide bonds. The molecule has 3 heterocycles. The Kier molecular flexibility index (Phi) is 3.00. The van der Waals surface area contributed by atoms with Crippen molar-refractivity contribution in [1.29, 1.82) is 0 Å². The molecule has 98 valence electrons. The summed E-state index contributed by atoms with van der Waals surface area (Å²) in [5, 5.41) is 10.8. The molecule has 3 aromatic rings. The fourth-order valence-corrected chi connectivity index (χ4v) is 2.86. The van der Waals surface area contributed by atoms with Crippen LogP contribution in [-0.4, -0.2) is 20.2 Å². The summed E-state index contributed by atoms with van der Waals surface area (Å²) in [7, 11) is 0.